The Balaban J connectivity index is 1.83. The summed E-state index contributed by atoms with van der Waals surface area (Å²) in [6.07, 6.45) is 0.931. The molecule has 0 aliphatic carbocycles. The predicted octanol–water partition coefficient (Wildman–Crippen LogP) is 0.461. The van der Waals surface area contributed by atoms with Gasteiger partial charge in [-0.2, -0.15) is 0 Å². The van der Waals surface area contributed by atoms with Gasteiger partial charge in [0.25, 0.3) is 5.91 Å². The lowest BCUT2D eigenvalue weighted by molar-refractivity contribution is -0.00348. The molecule has 2 aliphatic rings. The fraction of sp³-hybridized carbons (Fsp3) is 0.462. The monoisotopic (exact) mass is 232 g/mol. The van der Waals surface area contributed by atoms with E-state index in [-0.39, 0.29) is 11.9 Å². The summed E-state index contributed by atoms with van der Waals surface area (Å²) in [4.78, 5) is 12.1. The van der Waals surface area contributed by atoms with Gasteiger partial charge in [-0.05, 0) is 30.2 Å². The van der Waals surface area contributed by atoms with Crippen molar-refractivity contribution in [1.29, 1.82) is 0 Å². The lowest BCUT2D eigenvalue weighted by atomic mass is 9.95. The summed E-state index contributed by atoms with van der Waals surface area (Å²) in [5, 5.41) is 6.32. The van der Waals surface area contributed by atoms with E-state index in [9.17, 15) is 4.79 Å². The third-order valence-corrected chi connectivity index (χ3v) is 3.36. The molecular weight excluding hydrogens is 216 g/mol. The number of amides is 1. The second-order valence-corrected chi connectivity index (χ2v) is 4.58. The number of ether oxygens (including phenoxy) is 1. The number of carbonyl (C=O) groups excluding carboxylic acids is 1. The van der Waals surface area contributed by atoms with Crippen LogP contribution in [0.1, 0.15) is 21.5 Å². The lowest BCUT2D eigenvalue weighted by Gasteiger charge is -2.28. The SMILES string of the molecule is O=C(NC1COC1)c1cccc2c1CCNC2. The molecule has 1 fully saturated rings. The maximum atomic E-state index is 12.1. The minimum absolute atomic E-state index is 0.0389. The zero-order valence-electron chi connectivity index (χ0n) is 9.66. The van der Waals surface area contributed by atoms with Gasteiger partial charge >= 0.3 is 0 Å². The quantitative estimate of drug-likeness (QED) is 0.779. The molecule has 0 bridgehead atoms. The van der Waals surface area contributed by atoms with Gasteiger partial charge in [0.05, 0.1) is 19.3 Å². The molecule has 4 nitrogen and oxygen atoms in total. The van der Waals surface area contributed by atoms with E-state index >= 15 is 0 Å². The maximum Gasteiger partial charge on any atom is 0.251 e. The van der Waals surface area contributed by atoms with E-state index in [1.165, 1.54) is 11.1 Å². The number of fused-ring (bicyclic) bond motifs is 1. The van der Waals surface area contributed by atoms with Crippen molar-refractivity contribution < 1.29 is 9.53 Å². The molecule has 0 saturated carbocycles. The first kappa shape index (κ1) is 10.7. The van der Waals surface area contributed by atoms with Gasteiger partial charge in [-0.3, -0.25) is 4.79 Å². The van der Waals surface area contributed by atoms with E-state index in [1.807, 2.05) is 12.1 Å². The topological polar surface area (TPSA) is 50.4 Å². The third kappa shape index (κ3) is 2.06. The molecule has 4 heteroatoms. The molecule has 1 aromatic rings. The Kier molecular flexibility index (Phi) is 2.82. The molecule has 2 heterocycles. The number of nitrogens with one attached hydrogen (secondary N) is 2. The van der Waals surface area contributed by atoms with E-state index in [4.69, 9.17) is 4.74 Å². The van der Waals surface area contributed by atoms with Crippen molar-refractivity contribution in [1.82, 2.24) is 10.6 Å². The fourth-order valence-corrected chi connectivity index (χ4v) is 2.33. The number of carbonyl (C=O) groups is 1. The first-order valence-electron chi connectivity index (χ1n) is 6.04. The standard InChI is InChI=1S/C13H16N2O2/c16-13(15-10-7-17-8-10)12-3-1-2-9-6-14-5-4-11(9)12/h1-3,10,14H,4-8H2,(H,15,16). The number of rotatable bonds is 2. The molecule has 0 radical (unpaired) electrons. The molecule has 0 spiro atoms. The summed E-state index contributed by atoms with van der Waals surface area (Å²) in [5.74, 6) is 0.0389. The Morgan fingerprint density at radius 3 is 3.06 bits per heavy atom. The van der Waals surface area contributed by atoms with Crippen LogP contribution in [0.15, 0.2) is 18.2 Å². The van der Waals surface area contributed by atoms with Crippen molar-refractivity contribution in [2.45, 2.75) is 19.0 Å². The van der Waals surface area contributed by atoms with E-state index in [1.54, 1.807) is 0 Å². The molecule has 3 rings (SSSR count). The van der Waals surface area contributed by atoms with Crippen LogP contribution in [-0.4, -0.2) is 31.7 Å². The van der Waals surface area contributed by atoms with Gasteiger partial charge in [0.2, 0.25) is 0 Å². The first-order valence-corrected chi connectivity index (χ1v) is 6.04. The molecule has 17 heavy (non-hydrogen) atoms. The summed E-state index contributed by atoms with van der Waals surface area (Å²) in [6.45, 7) is 3.09. The largest absolute Gasteiger partial charge is 0.377 e. The maximum absolute atomic E-state index is 12.1. The van der Waals surface area contributed by atoms with Gasteiger partial charge in [-0.15, -0.1) is 0 Å². The number of hydrogen-bond donors (Lipinski definition) is 2. The van der Waals surface area contributed by atoms with Crippen LogP contribution in [0.3, 0.4) is 0 Å². The molecule has 0 aromatic heterocycles. The van der Waals surface area contributed by atoms with Crippen LogP contribution in [0.5, 0.6) is 0 Å². The Morgan fingerprint density at radius 1 is 1.41 bits per heavy atom. The van der Waals surface area contributed by atoms with Crippen LogP contribution in [-0.2, 0) is 17.7 Å². The predicted molar refractivity (Wildman–Crippen MR) is 63.9 cm³/mol. The van der Waals surface area contributed by atoms with Crippen molar-refractivity contribution in [3.05, 3.63) is 34.9 Å². The Bertz CT molecular complexity index is 441. The fourth-order valence-electron chi connectivity index (χ4n) is 2.33. The highest BCUT2D eigenvalue weighted by Crippen LogP contribution is 2.19. The average molecular weight is 232 g/mol. The summed E-state index contributed by atoms with van der Waals surface area (Å²) < 4.78 is 5.06. The van der Waals surface area contributed by atoms with Crippen LogP contribution >= 0.6 is 0 Å². The van der Waals surface area contributed by atoms with E-state index < -0.39 is 0 Å². The van der Waals surface area contributed by atoms with Gasteiger partial charge in [0.1, 0.15) is 0 Å². The first-order chi connectivity index (χ1) is 8.34. The lowest BCUT2D eigenvalue weighted by Crippen LogP contribution is -2.48. The molecule has 1 aromatic carbocycles. The van der Waals surface area contributed by atoms with Crippen LogP contribution < -0.4 is 10.6 Å². The summed E-state index contributed by atoms with van der Waals surface area (Å²) in [7, 11) is 0. The van der Waals surface area contributed by atoms with E-state index in [2.05, 4.69) is 16.7 Å². The molecule has 1 amide bonds. The highest BCUT2D eigenvalue weighted by molar-refractivity contribution is 5.96. The Hall–Kier alpha value is -1.39. The van der Waals surface area contributed by atoms with Crippen molar-refractivity contribution in [3.8, 4) is 0 Å². The molecule has 2 N–H and O–H groups in total. The van der Waals surface area contributed by atoms with Gasteiger partial charge in [0, 0.05) is 12.1 Å². The van der Waals surface area contributed by atoms with Gasteiger partial charge in [0.15, 0.2) is 0 Å². The summed E-state index contributed by atoms with van der Waals surface area (Å²) in [6, 6.07) is 6.15. The van der Waals surface area contributed by atoms with Crippen molar-refractivity contribution in [2.75, 3.05) is 19.8 Å². The molecular formula is C13H16N2O2. The molecule has 2 aliphatic heterocycles. The van der Waals surface area contributed by atoms with Crippen molar-refractivity contribution in [3.63, 3.8) is 0 Å². The normalized spacial score (nSPS) is 19.3. The zero-order chi connectivity index (χ0) is 11.7. The Morgan fingerprint density at radius 2 is 2.29 bits per heavy atom. The molecule has 1 saturated heterocycles. The smallest absolute Gasteiger partial charge is 0.251 e. The molecule has 0 unspecified atom stereocenters. The minimum atomic E-state index is 0.0389. The number of benzene rings is 1. The van der Waals surface area contributed by atoms with Crippen molar-refractivity contribution >= 4 is 5.91 Å². The van der Waals surface area contributed by atoms with Crippen LogP contribution in [0.4, 0.5) is 0 Å². The highest BCUT2D eigenvalue weighted by atomic mass is 16.5. The zero-order valence-corrected chi connectivity index (χ0v) is 9.66. The van der Waals surface area contributed by atoms with E-state index in [0.717, 1.165) is 25.1 Å². The summed E-state index contributed by atoms with van der Waals surface area (Å²) in [5.41, 5.74) is 3.27. The van der Waals surface area contributed by atoms with Crippen molar-refractivity contribution in [2.24, 2.45) is 0 Å². The minimum Gasteiger partial charge on any atom is -0.377 e. The third-order valence-electron chi connectivity index (χ3n) is 3.36. The summed E-state index contributed by atoms with van der Waals surface area (Å²) >= 11 is 0. The Labute approximate surface area is 100 Å². The van der Waals surface area contributed by atoms with E-state index in [0.29, 0.717) is 13.2 Å². The average Bonchev–Trinajstić information content (AvgIpc) is 2.33. The second-order valence-electron chi connectivity index (χ2n) is 4.58. The van der Waals surface area contributed by atoms with Gasteiger partial charge in [-0.25, -0.2) is 0 Å². The van der Waals surface area contributed by atoms with Gasteiger partial charge in [-0.1, -0.05) is 12.1 Å². The van der Waals surface area contributed by atoms with Crippen LogP contribution in [0.2, 0.25) is 0 Å². The number of hydrogen-bond acceptors (Lipinski definition) is 3. The van der Waals surface area contributed by atoms with Crippen LogP contribution in [0.25, 0.3) is 0 Å². The molecule has 90 valence electrons. The van der Waals surface area contributed by atoms with Crippen LogP contribution in [0, 0.1) is 0 Å². The van der Waals surface area contributed by atoms with Gasteiger partial charge < -0.3 is 15.4 Å². The highest BCUT2D eigenvalue weighted by Gasteiger charge is 2.23. The molecule has 0 atom stereocenters. The second kappa shape index (κ2) is 4.47.